The summed E-state index contributed by atoms with van der Waals surface area (Å²) in [4.78, 5) is 35.7. The third-order valence-corrected chi connectivity index (χ3v) is 12.0. The van der Waals surface area contributed by atoms with Gasteiger partial charge in [0.2, 0.25) is 0 Å². The topological polar surface area (TPSA) is 194 Å². The molecule has 0 aliphatic rings. The van der Waals surface area contributed by atoms with Crippen molar-refractivity contribution in [2.24, 2.45) is 0 Å². The number of imidazole rings is 2. The number of H-pyrrole nitrogens is 2. The summed E-state index contributed by atoms with van der Waals surface area (Å²) >= 11 is 3.38. The van der Waals surface area contributed by atoms with Crippen LogP contribution in [0, 0.1) is 20.7 Å². The van der Waals surface area contributed by atoms with Crippen LogP contribution in [0.25, 0.3) is 33.3 Å². The molecular weight excluding hydrogens is 1300 g/mol. The van der Waals surface area contributed by atoms with E-state index in [0.717, 1.165) is 17.0 Å². The Bertz CT molecular complexity index is 3100. The van der Waals surface area contributed by atoms with Crippen LogP contribution in [0.4, 0.5) is 4.39 Å². The monoisotopic (exact) mass is 1350 g/mol. The number of hydrogen-bond acceptors (Lipinski definition) is 11. The molecule has 0 amide bonds. The van der Waals surface area contributed by atoms with Gasteiger partial charge < -0.3 is 43.8 Å². The van der Waals surface area contributed by atoms with E-state index in [-0.39, 0.29) is 79.8 Å². The first-order chi connectivity index (χ1) is 29.4. The predicted molar refractivity (Wildman–Crippen MR) is 253 cm³/mol. The minimum Gasteiger partial charge on any atom is -0.493 e. The Morgan fingerprint density at radius 2 is 1.18 bits per heavy atom. The van der Waals surface area contributed by atoms with Gasteiger partial charge in [-0.05, 0) is 79.6 Å². The molecule has 2 N–H and O–H groups in total. The molecule has 0 saturated carbocycles. The molecule has 0 fully saturated rings. The molecule has 0 saturated heterocycles. The molecule has 356 valence electrons. The number of methoxy groups -OCH3 is 2. The van der Waals surface area contributed by atoms with Gasteiger partial charge in [0.25, 0.3) is 0 Å². The van der Waals surface area contributed by atoms with Crippen LogP contribution in [0.5, 0.6) is 23.0 Å². The van der Waals surface area contributed by atoms with E-state index in [2.05, 4.69) is 30.9 Å². The molecule has 0 unspecified atom stereocenters. The number of hydrogen-bond donors (Lipinski definition) is 2. The van der Waals surface area contributed by atoms with Crippen LogP contribution in [0.1, 0.15) is 37.1 Å². The first-order valence-electron chi connectivity index (χ1n) is 19.2. The molecule has 2 atom stereocenters. The fraction of sp³-hybridized carbons (Fsp3) is 0.267. The predicted octanol–water partition coefficient (Wildman–Crippen LogP) is 7.60. The van der Waals surface area contributed by atoms with Gasteiger partial charge in [0.15, 0.2) is 28.6 Å². The minimum atomic E-state index is -3.50. The molecule has 66 heavy (non-hydrogen) atoms. The van der Waals surface area contributed by atoms with Crippen molar-refractivity contribution in [1.29, 1.82) is 0 Å². The number of sulfone groups is 2. The third kappa shape index (κ3) is 13.5. The normalized spacial score (nSPS) is 11.9. The average Bonchev–Trinajstić information content (AvgIpc) is 3.72. The van der Waals surface area contributed by atoms with Gasteiger partial charge in [-0.2, -0.15) is 0 Å². The SMILES string of the molecule is CCOc1cc([C@@H](CS(C)(=O)=O)n2c(=O)[nH]c3cc(-c4ccccc4F)cnc32)ccc1OC.CCOc1cc([C@@H](CS(C)(=O)=O)n2c(=O)[nH]c3cc(Br)ccc32)ccc1OC.[CH3-].[CH3-].[W].[W]. The second kappa shape index (κ2) is 24.5. The summed E-state index contributed by atoms with van der Waals surface area (Å²) in [5, 5.41) is 0. The van der Waals surface area contributed by atoms with Gasteiger partial charge in [-0.1, -0.05) is 46.3 Å². The molecule has 7 rings (SSSR count). The van der Waals surface area contributed by atoms with Crippen molar-refractivity contribution in [2.45, 2.75) is 25.9 Å². The number of pyridine rings is 1. The Kier molecular flexibility index (Phi) is 21.3. The molecule has 21 heteroatoms. The number of rotatable bonds is 15. The van der Waals surface area contributed by atoms with Crippen LogP contribution in [-0.2, 0) is 61.8 Å². The standard InChI is InChI=1S/C24H24FN3O5S.C19H21BrN2O5S.2CH3.2W/c1-4-33-22-12-15(9-10-21(22)32-2)20(14-34(3,30)31)28-23-19(27-24(28)29)11-16(13-26-23)17-7-5-6-8-18(17)25;1-4-27-18-9-12(5-8-17(18)26-2)16(11-28(3,24)25)22-15-7-6-13(20)10-14(15)21-19(22)23;;;;/h5-13,20H,4,14H2,1-3H3,(H,27,29);5-10,16H,4,11H2,1-3H3,(H,21,23);2*1H3;;/q;;2*-1;;/t20-;16-;;;;/m11..../s1. The molecule has 3 aromatic heterocycles. The van der Waals surface area contributed by atoms with Crippen LogP contribution in [0.2, 0.25) is 0 Å². The summed E-state index contributed by atoms with van der Waals surface area (Å²) in [7, 11) is -3.85. The van der Waals surface area contributed by atoms with Gasteiger partial charge in [-0.25, -0.2) is 35.8 Å². The van der Waals surface area contributed by atoms with Gasteiger partial charge in [-0.15, -0.1) is 0 Å². The first-order valence-corrected chi connectivity index (χ1v) is 24.1. The molecular formula is C45H51BrFN5O10S2W2-2. The first kappa shape index (κ1) is 57.6. The van der Waals surface area contributed by atoms with E-state index in [0.29, 0.717) is 75.0 Å². The summed E-state index contributed by atoms with van der Waals surface area (Å²) in [6.45, 7) is 4.48. The molecule has 15 nitrogen and oxygen atoms in total. The smallest absolute Gasteiger partial charge is 0.328 e. The minimum absolute atomic E-state index is 0. The second-order valence-corrected chi connectivity index (χ2v) is 19.5. The van der Waals surface area contributed by atoms with E-state index in [1.165, 1.54) is 35.6 Å². The summed E-state index contributed by atoms with van der Waals surface area (Å²) in [5.41, 5.74) is 2.96. The Labute approximate surface area is 420 Å². The van der Waals surface area contributed by atoms with Gasteiger partial charge in [0, 0.05) is 76.4 Å². The van der Waals surface area contributed by atoms with Gasteiger partial charge in [0.1, 0.15) is 25.5 Å². The molecule has 7 aromatic rings. The van der Waals surface area contributed by atoms with E-state index in [9.17, 15) is 30.8 Å². The largest absolute Gasteiger partial charge is 0.493 e. The molecule has 0 aliphatic heterocycles. The van der Waals surface area contributed by atoms with Gasteiger partial charge in [-0.3, -0.25) is 9.13 Å². The van der Waals surface area contributed by atoms with Crippen molar-refractivity contribution >= 4 is 57.8 Å². The maximum absolute atomic E-state index is 14.3. The van der Waals surface area contributed by atoms with Crippen LogP contribution >= 0.6 is 15.9 Å². The zero-order valence-corrected chi connectivity index (χ0v) is 46.5. The maximum atomic E-state index is 14.3. The summed E-state index contributed by atoms with van der Waals surface area (Å²) < 4.78 is 88.7. The van der Waals surface area contributed by atoms with Gasteiger partial charge in [0.05, 0.1) is 67.6 Å². The zero-order chi connectivity index (χ0) is 44.9. The molecule has 0 spiro atoms. The van der Waals surface area contributed by atoms with Crippen molar-refractivity contribution in [3.05, 3.63) is 148 Å². The fourth-order valence-electron chi connectivity index (χ4n) is 7.11. The van der Waals surface area contributed by atoms with Crippen LogP contribution in [0.3, 0.4) is 0 Å². The number of halogens is 2. The van der Waals surface area contributed by atoms with E-state index in [1.54, 1.807) is 72.8 Å². The van der Waals surface area contributed by atoms with Crippen molar-refractivity contribution in [3.8, 4) is 34.1 Å². The number of aromatic amines is 2. The second-order valence-electron chi connectivity index (χ2n) is 14.2. The van der Waals surface area contributed by atoms with Gasteiger partial charge >= 0.3 is 11.4 Å². The van der Waals surface area contributed by atoms with Crippen LogP contribution < -0.4 is 30.3 Å². The molecule has 0 bridgehead atoms. The number of benzene rings is 4. The van der Waals surface area contributed by atoms with E-state index >= 15 is 0 Å². The number of nitrogens with one attached hydrogen (secondary N) is 2. The van der Waals surface area contributed by atoms with Crippen molar-refractivity contribution in [3.63, 3.8) is 0 Å². The van der Waals surface area contributed by atoms with Crippen LogP contribution in [0.15, 0.2) is 105 Å². The number of nitrogens with zero attached hydrogens (tertiary/aromatic N) is 3. The third-order valence-electron chi connectivity index (χ3n) is 9.71. The number of fused-ring (bicyclic) bond motifs is 2. The Morgan fingerprint density at radius 3 is 1.68 bits per heavy atom. The van der Waals surface area contributed by atoms with Crippen molar-refractivity contribution < 1.29 is 82.3 Å². The number of aromatic nitrogens is 5. The Morgan fingerprint density at radius 1 is 0.682 bits per heavy atom. The molecule has 0 radical (unpaired) electrons. The molecule has 4 aromatic carbocycles. The zero-order valence-electron chi connectivity index (χ0n) is 37.5. The quantitative estimate of drug-likeness (QED) is 0.0961. The van der Waals surface area contributed by atoms with Crippen molar-refractivity contribution in [2.75, 3.05) is 51.5 Å². The number of ether oxygens (including phenoxy) is 4. The fourth-order valence-corrected chi connectivity index (χ4v) is 9.30. The average molecular weight is 1350 g/mol. The molecule has 3 heterocycles. The van der Waals surface area contributed by atoms with Crippen molar-refractivity contribution in [1.82, 2.24) is 24.1 Å². The summed E-state index contributed by atoms with van der Waals surface area (Å²) in [6.07, 6.45) is 3.72. The van der Waals surface area contributed by atoms with Crippen LogP contribution in [-0.4, -0.2) is 92.4 Å². The maximum Gasteiger partial charge on any atom is 0.328 e. The summed E-state index contributed by atoms with van der Waals surface area (Å²) in [5.74, 6) is 0.978. The Hall–Kier alpha value is -4.54. The summed E-state index contributed by atoms with van der Waals surface area (Å²) in [6, 6.07) is 21.9. The van der Waals surface area contributed by atoms with E-state index < -0.39 is 43.3 Å². The molecule has 0 aliphatic carbocycles. The Balaban J connectivity index is 0.000000435. The van der Waals surface area contributed by atoms with E-state index in [1.807, 2.05) is 19.9 Å². The van der Waals surface area contributed by atoms with E-state index in [4.69, 9.17) is 18.9 Å².